The minimum absolute atomic E-state index is 0.480. The van der Waals surface area contributed by atoms with E-state index in [2.05, 4.69) is 27.7 Å². The first-order valence-corrected chi connectivity index (χ1v) is 5.86. The van der Waals surface area contributed by atoms with Crippen LogP contribution >= 0.6 is 12.2 Å². The summed E-state index contributed by atoms with van der Waals surface area (Å²) in [6.07, 6.45) is 0.880. The molecule has 0 aliphatic carbocycles. The predicted molar refractivity (Wildman–Crippen MR) is 65.9 cm³/mol. The van der Waals surface area contributed by atoms with Gasteiger partial charge in [0.05, 0.1) is 6.61 Å². The number of benzene rings is 1. The highest BCUT2D eigenvalue weighted by Gasteiger charge is 1.96. The number of ether oxygens (including phenoxy) is 1. The van der Waals surface area contributed by atoms with Crippen molar-refractivity contribution < 1.29 is 4.74 Å². The Bertz CT molecular complexity index is 493. The topological polar surface area (TPSA) is 55.7 Å². The van der Waals surface area contributed by atoms with Crippen molar-refractivity contribution >= 4 is 12.2 Å². The second kappa shape index (κ2) is 6.27. The van der Waals surface area contributed by atoms with Gasteiger partial charge in [-0.3, -0.25) is 0 Å². The maximum Gasteiger partial charge on any atom is 0.238 e. The number of nitrogens with one attached hydrogen (secondary N) is 1. The SMILES string of the molecule is S=c1nn[nH]n1CCCOCc1ccccc1. The van der Waals surface area contributed by atoms with Gasteiger partial charge < -0.3 is 4.74 Å². The number of hydrogen-bond acceptors (Lipinski definition) is 4. The van der Waals surface area contributed by atoms with Crippen molar-refractivity contribution in [2.24, 2.45) is 0 Å². The molecular weight excluding hydrogens is 236 g/mol. The van der Waals surface area contributed by atoms with Gasteiger partial charge in [-0.1, -0.05) is 40.6 Å². The summed E-state index contributed by atoms with van der Waals surface area (Å²) in [6.45, 7) is 2.09. The van der Waals surface area contributed by atoms with Crippen LogP contribution in [0, 0.1) is 4.77 Å². The van der Waals surface area contributed by atoms with E-state index in [1.165, 1.54) is 5.56 Å². The largest absolute Gasteiger partial charge is 0.377 e. The highest BCUT2D eigenvalue weighted by molar-refractivity contribution is 7.71. The molecule has 0 fully saturated rings. The molecule has 5 nitrogen and oxygen atoms in total. The summed E-state index contributed by atoms with van der Waals surface area (Å²) in [5.74, 6) is 0. The first-order valence-electron chi connectivity index (χ1n) is 5.46. The Balaban J connectivity index is 1.64. The first-order chi connectivity index (χ1) is 8.36. The molecule has 0 unspecified atom stereocenters. The van der Waals surface area contributed by atoms with E-state index in [-0.39, 0.29) is 0 Å². The van der Waals surface area contributed by atoms with Crippen molar-refractivity contribution in [2.45, 2.75) is 19.6 Å². The van der Waals surface area contributed by atoms with Gasteiger partial charge in [0.2, 0.25) is 4.77 Å². The molecule has 1 N–H and O–H groups in total. The summed E-state index contributed by atoms with van der Waals surface area (Å²) in [7, 11) is 0. The van der Waals surface area contributed by atoms with E-state index in [1.807, 2.05) is 18.2 Å². The van der Waals surface area contributed by atoms with Gasteiger partial charge in [-0.2, -0.15) is 5.21 Å². The van der Waals surface area contributed by atoms with Gasteiger partial charge in [0.1, 0.15) is 0 Å². The van der Waals surface area contributed by atoms with Gasteiger partial charge in [-0.25, -0.2) is 4.68 Å². The fourth-order valence-corrected chi connectivity index (χ4v) is 1.62. The lowest BCUT2D eigenvalue weighted by Gasteiger charge is -2.04. The molecule has 2 rings (SSSR count). The standard InChI is InChI=1S/C11H14N4OS/c17-11-12-13-14-15(11)7-4-8-16-9-10-5-2-1-3-6-10/h1-3,5-6H,4,7-9H2,(H,12,14,17). The van der Waals surface area contributed by atoms with E-state index in [9.17, 15) is 0 Å². The average molecular weight is 250 g/mol. The number of H-pyrrole nitrogens is 1. The van der Waals surface area contributed by atoms with Crippen molar-refractivity contribution in [1.29, 1.82) is 0 Å². The molecule has 17 heavy (non-hydrogen) atoms. The smallest absolute Gasteiger partial charge is 0.238 e. The molecule has 0 radical (unpaired) electrons. The molecule has 0 saturated carbocycles. The molecule has 0 bridgehead atoms. The fraction of sp³-hybridized carbons (Fsp3) is 0.364. The Labute approximate surface area is 104 Å². The summed E-state index contributed by atoms with van der Waals surface area (Å²) in [6, 6.07) is 10.1. The molecule has 1 aromatic heterocycles. The third kappa shape index (κ3) is 3.76. The van der Waals surface area contributed by atoms with Gasteiger partial charge in [-0.05, 0) is 24.2 Å². The van der Waals surface area contributed by atoms with Crippen LogP contribution in [0.25, 0.3) is 0 Å². The molecule has 0 atom stereocenters. The van der Waals surface area contributed by atoms with Crippen molar-refractivity contribution in [3.8, 4) is 0 Å². The van der Waals surface area contributed by atoms with Crippen LogP contribution in [-0.4, -0.2) is 26.8 Å². The second-order valence-corrected chi connectivity index (χ2v) is 3.99. The van der Waals surface area contributed by atoms with Crippen LogP contribution in [0.5, 0.6) is 0 Å². The van der Waals surface area contributed by atoms with E-state index in [1.54, 1.807) is 4.68 Å². The van der Waals surface area contributed by atoms with E-state index in [4.69, 9.17) is 17.0 Å². The lowest BCUT2D eigenvalue weighted by molar-refractivity contribution is 0.114. The van der Waals surface area contributed by atoms with Crippen LogP contribution in [0.1, 0.15) is 12.0 Å². The monoisotopic (exact) mass is 250 g/mol. The molecule has 1 aromatic carbocycles. The molecule has 1 heterocycles. The highest BCUT2D eigenvalue weighted by atomic mass is 32.1. The molecule has 0 spiro atoms. The first kappa shape index (κ1) is 11.9. The van der Waals surface area contributed by atoms with Gasteiger partial charge in [0.25, 0.3) is 0 Å². The number of aromatic amines is 1. The van der Waals surface area contributed by atoms with Gasteiger partial charge in [0.15, 0.2) is 0 Å². The maximum absolute atomic E-state index is 5.56. The Morgan fingerprint density at radius 1 is 1.29 bits per heavy atom. The third-order valence-corrected chi connectivity index (χ3v) is 2.62. The van der Waals surface area contributed by atoms with Crippen molar-refractivity contribution in [3.05, 3.63) is 40.7 Å². The molecule has 2 aromatic rings. The number of aromatic nitrogens is 4. The fourth-order valence-electron chi connectivity index (χ4n) is 1.45. The summed E-state index contributed by atoms with van der Waals surface area (Å²) < 4.78 is 7.76. The Hall–Kier alpha value is -1.53. The van der Waals surface area contributed by atoms with Gasteiger partial charge in [0, 0.05) is 13.2 Å². The maximum atomic E-state index is 5.56. The van der Waals surface area contributed by atoms with Crippen LogP contribution in [0.3, 0.4) is 0 Å². The van der Waals surface area contributed by atoms with Crippen LogP contribution in [0.15, 0.2) is 30.3 Å². The molecular formula is C11H14N4OS. The summed E-state index contributed by atoms with van der Waals surface area (Å²) in [4.78, 5) is 0. The number of nitrogens with zero attached hydrogens (tertiary/aromatic N) is 3. The molecule has 0 aliphatic heterocycles. The molecule has 0 amide bonds. The van der Waals surface area contributed by atoms with E-state index < -0.39 is 0 Å². The number of tetrazole rings is 1. The van der Waals surface area contributed by atoms with Crippen molar-refractivity contribution in [1.82, 2.24) is 20.2 Å². The zero-order chi connectivity index (χ0) is 11.9. The lowest BCUT2D eigenvalue weighted by Crippen LogP contribution is -2.04. The molecule has 6 heteroatoms. The van der Waals surface area contributed by atoms with Gasteiger partial charge >= 0.3 is 0 Å². The zero-order valence-corrected chi connectivity index (χ0v) is 10.2. The van der Waals surface area contributed by atoms with Crippen molar-refractivity contribution in [2.75, 3.05) is 6.61 Å². The number of aryl methyl sites for hydroxylation is 1. The van der Waals surface area contributed by atoms with E-state index in [0.717, 1.165) is 13.0 Å². The Kier molecular flexibility index (Phi) is 4.40. The summed E-state index contributed by atoms with van der Waals surface area (Å²) in [5, 5.41) is 10.0. The summed E-state index contributed by atoms with van der Waals surface area (Å²) >= 11 is 4.96. The van der Waals surface area contributed by atoms with E-state index >= 15 is 0 Å². The molecule has 90 valence electrons. The predicted octanol–water partition coefficient (Wildman–Crippen LogP) is 1.94. The van der Waals surface area contributed by atoms with Crippen LogP contribution < -0.4 is 0 Å². The van der Waals surface area contributed by atoms with Crippen LogP contribution in [0.4, 0.5) is 0 Å². The Morgan fingerprint density at radius 2 is 2.12 bits per heavy atom. The minimum atomic E-state index is 0.480. The quantitative estimate of drug-likeness (QED) is 0.629. The van der Waals surface area contributed by atoms with Crippen LogP contribution in [-0.2, 0) is 17.9 Å². The molecule has 0 saturated heterocycles. The minimum Gasteiger partial charge on any atom is -0.377 e. The van der Waals surface area contributed by atoms with E-state index in [0.29, 0.717) is 18.0 Å². The van der Waals surface area contributed by atoms with Gasteiger partial charge in [-0.15, -0.1) is 0 Å². The lowest BCUT2D eigenvalue weighted by atomic mass is 10.2. The van der Waals surface area contributed by atoms with Crippen molar-refractivity contribution in [3.63, 3.8) is 0 Å². The van der Waals surface area contributed by atoms with Crippen LogP contribution in [0.2, 0.25) is 0 Å². The third-order valence-electron chi connectivity index (χ3n) is 2.31. The second-order valence-electron chi connectivity index (χ2n) is 3.63. The highest BCUT2D eigenvalue weighted by Crippen LogP contribution is 2.01. The Morgan fingerprint density at radius 3 is 2.82 bits per heavy atom. The normalized spacial score (nSPS) is 10.6. The number of hydrogen-bond donors (Lipinski definition) is 1. The zero-order valence-electron chi connectivity index (χ0n) is 9.37. The number of rotatable bonds is 6. The summed E-state index contributed by atoms with van der Waals surface area (Å²) in [5.41, 5.74) is 1.19. The molecule has 0 aliphatic rings. The average Bonchev–Trinajstić information content (AvgIpc) is 2.76.